The summed E-state index contributed by atoms with van der Waals surface area (Å²) in [6, 6.07) is 5.22. The third kappa shape index (κ3) is 4.97. The molecule has 0 saturated heterocycles. The van der Waals surface area contributed by atoms with Crippen molar-refractivity contribution in [2.45, 2.75) is 89.9 Å². The molecule has 0 radical (unpaired) electrons. The van der Waals surface area contributed by atoms with Crippen LogP contribution in [-0.2, 0) is 21.0 Å². The van der Waals surface area contributed by atoms with E-state index in [0.717, 1.165) is 11.1 Å². The van der Waals surface area contributed by atoms with Crippen LogP contribution in [0.15, 0.2) is 23.1 Å². The van der Waals surface area contributed by atoms with Crippen LogP contribution in [0.2, 0.25) is 19.6 Å². The average Bonchev–Trinajstić information content (AvgIpc) is 2.90. The van der Waals surface area contributed by atoms with E-state index in [1.165, 1.54) is 32.1 Å². The zero-order valence-electron chi connectivity index (χ0n) is 18.9. The summed E-state index contributed by atoms with van der Waals surface area (Å²) in [6.45, 7) is 13.5. The first-order valence-electron chi connectivity index (χ1n) is 11.1. The summed E-state index contributed by atoms with van der Waals surface area (Å²) in [5, 5.41) is 0. The van der Waals surface area contributed by atoms with Gasteiger partial charge in [0, 0.05) is 6.10 Å². The Morgan fingerprint density at radius 3 is 2.55 bits per heavy atom. The fourth-order valence-electron chi connectivity index (χ4n) is 6.30. The van der Waals surface area contributed by atoms with Gasteiger partial charge in [0.15, 0.2) is 8.32 Å². The maximum atomic E-state index is 11.9. The molecule has 0 heterocycles. The molecular weight excluding hydrogens is 400 g/mol. The minimum atomic E-state index is -4.20. The largest absolute Gasteiger partial charge is 0.414 e. The van der Waals surface area contributed by atoms with Gasteiger partial charge in [0.2, 0.25) is 0 Å². The fraction of sp³-hybridized carbons (Fsp3) is 0.739. The Balaban J connectivity index is 1.83. The highest BCUT2D eigenvalue weighted by atomic mass is 32.2. The molecule has 2 saturated carbocycles. The first-order chi connectivity index (χ1) is 13.3. The number of hydrogen-bond donors (Lipinski definition) is 1. The van der Waals surface area contributed by atoms with E-state index < -0.39 is 18.4 Å². The van der Waals surface area contributed by atoms with Crippen molar-refractivity contribution in [1.82, 2.24) is 0 Å². The standard InChI is InChI=1S/C23H38O4SSi/c1-16-9-12-22(28(24,25)26)18(14-16)15-17(2)19-10-11-20-21(27-29(4,5)6)8-7-13-23(19,20)3/h9,12,14,17,19-21H,7-8,10-11,13,15H2,1-6H3,(H,24,25,26)/t17-,19-,20?,21?,23-/m1/s1. The van der Waals surface area contributed by atoms with Gasteiger partial charge < -0.3 is 4.43 Å². The number of hydrogen-bond acceptors (Lipinski definition) is 3. The molecule has 3 rings (SSSR count). The molecule has 2 unspecified atom stereocenters. The third-order valence-electron chi connectivity index (χ3n) is 7.36. The lowest BCUT2D eigenvalue weighted by atomic mass is 9.61. The highest BCUT2D eigenvalue weighted by Crippen LogP contribution is 2.59. The summed E-state index contributed by atoms with van der Waals surface area (Å²) in [4.78, 5) is 0.0678. The van der Waals surface area contributed by atoms with Crippen LogP contribution < -0.4 is 0 Å². The van der Waals surface area contributed by atoms with Gasteiger partial charge in [-0.15, -0.1) is 0 Å². The Labute approximate surface area is 178 Å². The average molecular weight is 439 g/mol. The predicted octanol–water partition coefficient (Wildman–Crippen LogP) is 5.86. The zero-order valence-corrected chi connectivity index (χ0v) is 20.7. The van der Waals surface area contributed by atoms with Gasteiger partial charge in [-0.25, -0.2) is 0 Å². The molecule has 29 heavy (non-hydrogen) atoms. The van der Waals surface area contributed by atoms with Crippen LogP contribution in [0.1, 0.15) is 57.1 Å². The van der Waals surface area contributed by atoms with Crippen LogP contribution in [0, 0.1) is 30.1 Å². The molecule has 5 atom stereocenters. The molecule has 1 aromatic carbocycles. The minimum absolute atomic E-state index is 0.0678. The molecule has 1 aromatic rings. The topological polar surface area (TPSA) is 63.6 Å². The second kappa shape index (κ2) is 8.10. The lowest BCUT2D eigenvalue weighted by molar-refractivity contribution is -0.0177. The molecule has 0 amide bonds. The van der Waals surface area contributed by atoms with E-state index in [1.807, 2.05) is 13.0 Å². The molecule has 2 aliphatic rings. The molecule has 2 fully saturated rings. The molecule has 0 aromatic heterocycles. The summed E-state index contributed by atoms with van der Waals surface area (Å²) >= 11 is 0. The highest BCUT2D eigenvalue weighted by molar-refractivity contribution is 7.85. The van der Waals surface area contributed by atoms with Crippen LogP contribution in [-0.4, -0.2) is 27.4 Å². The summed E-state index contributed by atoms with van der Waals surface area (Å²) in [6.07, 6.45) is 7.08. The van der Waals surface area contributed by atoms with E-state index in [0.29, 0.717) is 30.3 Å². The summed E-state index contributed by atoms with van der Waals surface area (Å²) in [5.41, 5.74) is 2.03. The van der Waals surface area contributed by atoms with Gasteiger partial charge in [0.1, 0.15) is 0 Å². The van der Waals surface area contributed by atoms with Gasteiger partial charge >= 0.3 is 0 Å². The highest BCUT2D eigenvalue weighted by Gasteiger charge is 2.53. The quantitative estimate of drug-likeness (QED) is 0.446. The number of aryl methyl sites for hydroxylation is 1. The number of benzene rings is 1. The Kier molecular flexibility index (Phi) is 6.42. The van der Waals surface area contributed by atoms with E-state index in [1.54, 1.807) is 12.1 Å². The molecule has 0 aliphatic heterocycles. The molecule has 2 aliphatic carbocycles. The van der Waals surface area contributed by atoms with E-state index in [9.17, 15) is 13.0 Å². The van der Waals surface area contributed by atoms with Gasteiger partial charge in [0.25, 0.3) is 10.1 Å². The van der Waals surface area contributed by atoms with Crippen molar-refractivity contribution >= 4 is 18.4 Å². The van der Waals surface area contributed by atoms with Crippen molar-refractivity contribution < 1.29 is 17.4 Å². The summed E-state index contributed by atoms with van der Waals surface area (Å²) in [5.74, 6) is 1.52. The van der Waals surface area contributed by atoms with Crippen LogP contribution in [0.3, 0.4) is 0 Å². The summed E-state index contributed by atoms with van der Waals surface area (Å²) in [7, 11) is -5.78. The Morgan fingerprint density at radius 1 is 1.24 bits per heavy atom. The van der Waals surface area contributed by atoms with Crippen molar-refractivity contribution in [2.75, 3.05) is 0 Å². The molecule has 164 valence electrons. The van der Waals surface area contributed by atoms with Gasteiger partial charge in [-0.2, -0.15) is 8.42 Å². The van der Waals surface area contributed by atoms with E-state index in [2.05, 4.69) is 33.5 Å². The van der Waals surface area contributed by atoms with Gasteiger partial charge in [-0.05, 0) is 93.5 Å². The Hall–Kier alpha value is -0.693. The molecule has 4 nitrogen and oxygen atoms in total. The van der Waals surface area contributed by atoms with E-state index >= 15 is 0 Å². The first kappa shape index (κ1) is 23.0. The maximum absolute atomic E-state index is 11.9. The Bertz CT molecular complexity index is 845. The first-order valence-corrected chi connectivity index (χ1v) is 15.9. The summed E-state index contributed by atoms with van der Waals surface area (Å²) < 4.78 is 40.0. The molecule has 0 bridgehead atoms. The number of rotatable bonds is 6. The van der Waals surface area contributed by atoms with Crippen molar-refractivity contribution in [3.8, 4) is 0 Å². The predicted molar refractivity (Wildman–Crippen MR) is 120 cm³/mol. The van der Waals surface area contributed by atoms with Crippen molar-refractivity contribution in [3.63, 3.8) is 0 Å². The van der Waals surface area contributed by atoms with Crippen LogP contribution >= 0.6 is 0 Å². The van der Waals surface area contributed by atoms with Gasteiger partial charge in [-0.1, -0.05) is 38.0 Å². The lowest BCUT2D eigenvalue weighted by Crippen LogP contribution is -2.46. The van der Waals surface area contributed by atoms with Crippen LogP contribution in [0.25, 0.3) is 0 Å². The normalized spacial score (nSPS) is 31.5. The third-order valence-corrected chi connectivity index (χ3v) is 9.33. The van der Waals surface area contributed by atoms with Crippen molar-refractivity contribution in [1.29, 1.82) is 0 Å². The molecule has 0 spiro atoms. The van der Waals surface area contributed by atoms with Crippen molar-refractivity contribution in [3.05, 3.63) is 29.3 Å². The second-order valence-corrected chi connectivity index (χ2v) is 16.6. The van der Waals surface area contributed by atoms with Gasteiger partial charge in [0.05, 0.1) is 4.90 Å². The molecule has 1 N–H and O–H groups in total. The lowest BCUT2D eigenvalue weighted by Gasteiger charge is -2.48. The smallest absolute Gasteiger partial charge is 0.294 e. The second-order valence-electron chi connectivity index (χ2n) is 10.7. The molecular formula is C23H38O4SSi. The van der Waals surface area contributed by atoms with Gasteiger partial charge in [-0.3, -0.25) is 4.55 Å². The van der Waals surface area contributed by atoms with Crippen molar-refractivity contribution in [2.24, 2.45) is 23.2 Å². The SMILES string of the molecule is Cc1ccc(S(=O)(=O)O)c(C[C@@H](C)[C@H]2CCC3C(O[Si](C)(C)C)CCC[C@@]32C)c1. The monoisotopic (exact) mass is 438 g/mol. The fourth-order valence-corrected chi connectivity index (χ4v) is 8.20. The van der Waals surface area contributed by atoms with E-state index in [4.69, 9.17) is 4.43 Å². The van der Waals surface area contributed by atoms with E-state index in [-0.39, 0.29) is 10.3 Å². The molecule has 6 heteroatoms. The Morgan fingerprint density at radius 2 is 1.93 bits per heavy atom. The zero-order chi connectivity index (χ0) is 21.6. The van der Waals surface area contributed by atoms with Crippen LogP contribution in [0.5, 0.6) is 0 Å². The van der Waals surface area contributed by atoms with Crippen LogP contribution in [0.4, 0.5) is 0 Å². The minimum Gasteiger partial charge on any atom is -0.414 e. The maximum Gasteiger partial charge on any atom is 0.294 e. The number of fused-ring (bicyclic) bond motifs is 1.